The van der Waals surface area contributed by atoms with Gasteiger partial charge in [-0.1, -0.05) is 44.2 Å². The number of hydrogen-bond donors (Lipinski definition) is 1. The van der Waals surface area contributed by atoms with Gasteiger partial charge in [-0.05, 0) is 43.7 Å². The van der Waals surface area contributed by atoms with Gasteiger partial charge in [0.15, 0.2) is 0 Å². The number of likely N-dealkylation sites (N-methyl/N-ethyl adjacent to an activating group) is 1. The molecule has 0 aliphatic heterocycles. The summed E-state index contributed by atoms with van der Waals surface area (Å²) in [6.45, 7) is 6.55. The third kappa shape index (κ3) is 3.18. The molecular formula is C17H28N2. The summed E-state index contributed by atoms with van der Waals surface area (Å²) in [7, 11) is 2.24. The smallest absolute Gasteiger partial charge is 0.0334 e. The second-order valence-corrected chi connectivity index (χ2v) is 6.50. The number of nitrogens with two attached hydrogens (primary N) is 1. The molecule has 0 amide bonds. The first kappa shape index (κ1) is 14.5. The fourth-order valence-electron chi connectivity index (χ4n) is 3.20. The van der Waals surface area contributed by atoms with E-state index < -0.39 is 0 Å². The van der Waals surface area contributed by atoms with Gasteiger partial charge in [0.2, 0.25) is 0 Å². The van der Waals surface area contributed by atoms with E-state index in [9.17, 15) is 0 Å². The van der Waals surface area contributed by atoms with Crippen molar-refractivity contribution in [2.24, 2.45) is 17.6 Å². The lowest BCUT2D eigenvalue weighted by molar-refractivity contribution is -0.0189. The van der Waals surface area contributed by atoms with Crippen molar-refractivity contribution >= 4 is 0 Å². The lowest BCUT2D eigenvalue weighted by Crippen LogP contribution is -2.61. The summed E-state index contributed by atoms with van der Waals surface area (Å²) >= 11 is 0. The second kappa shape index (κ2) is 6.06. The summed E-state index contributed by atoms with van der Waals surface area (Å²) in [6, 6.07) is 10.7. The minimum Gasteiger partial charge on any atom is -0.329 e. The number of rotatable bonds is 6. The molecule has 0 bridgehead atoms. The predicted molar refractivity (Wildman–Crippen MR) is 82.1 cm³/mol. The SMILES string of the molecule is CC(C)C1CC(CN)(N(C)CCc2ccccc2)C1. The zero-order valence-corrected chi connectivity index (χ0v) is 12.6. The van der Waals surface area contributed by atoms with Crippen LogP contribution in [-0.4, -0.2) is 30.6 Å². The van der Waals surface area contributed by atoms with E-state index in [0.29, 0.717) is 0 Å². The van der Waals surface area contributed by atoms with Gasteiger partial charge in [-0.25, -0.2) is 0 Å². The molecule has 2 heteroatoms. The molecule has 106 valence electrons. The summed E-state index contributed by atoms with van der Waals surface area (Å²) in [5.74, 6) is 1.66. The molecule has 1 saturated carbocycles. The number of nitrogens with zero attached hydrogens (tertiary/aromatic N) is 1. The standard InChI is InChI=1S/C17H28N2/c1-14(2)16-11-17(12-16,13-18)19(3)10-9-15-7-5-4-6-8-15/h4-8,14,16H,9-13,18H2,1-3H3. The van der Waals surface area contributed by atoms with Crippen LogP contribution in [0.4, 0.5) is 0 Å². The quantitative estimate of drug-likeness (QED) is 0.852. The first-order chi connectivity index (χ1) is 9.07. The lowest BCUT2D eigenvalue weighted by atomic mass is 9.63. The van der Waals surface area contributed by atoms with Crippen LogP contribution >= 0.6 is 0 Å². The molecule has 1 fully saturated rings. The third-order valence-electron chi connectivity index (χ3n) is 5.00. The van der Waals surface area contributed by atoms with Crippen LogP contribution in [0, 0.1) is 11.8 Å². The summed E-state index contributed by atoms with van der Waals surface area (Å²) in [5, 5.41) is 0. The lowest BCUT2D eigenvalue weighted by Gasteiger charge is -2.54. The maximum Gasteiger partial charge on any atom is 0.0334 e. The van der Waals surface area contributed by atoms with Crippen molar-refractivity contribution in [3.63, 3.8) is 0 Å². The average molecular weight is 260 g/mol. The van der Waals surface area contributed by atoms with Gasteiger partial charge in [0.1, 0.15) is 0 Å². The van der Waals surface area contributed by atoms with Crippen LogP contribution in [-0.2, 0) is 6.42 Å². The summed E-state index contributed by atoms with van der Waals surface area (Å²) < 4.78 is 0. The van der Waals surface area contributed by atoms with Crippen molar-refractivity contribution in [1.29, 1.82) is 0 Å². The Morgan fingerprint density at radius 1 is 1.26 bits per heavy atom. The second-order valence-electron chi connectivity index (χ2n) is 6.50. The van der Waals surface area contributed by atoms with Crippen LogP contribution in [0.1, 0.15) is 32.3 Å². The largest absolute Gasteiger partial charge is 0.329 e. The normalized spacial score (nSPS) is 26.7. The van der Waals surface area contributed by atoms with Gasteiger partial charge in [-0.2, -0.15) is 0 Å². The van der Waals surface area contributed by atoms with E-state index in [1.54, 1.807) is 0 Å². The molecule has 19 heavy (non-hydrogen) atoms. The summed E-state index contributed by atoms with van der Waals surface area (Å²) in [6.07, 6.45) is 3.66. The summed E-state index contributed by atoms with van der Waals surface area (Å²) in [5.41, 5.74) is 7.74. The maximum atomic E-state index is 6.06. The van der Waals surface area contributed by atoms with E-state index >= 15 is 0 Å². The molecule has 0 saturated heterocycles. The van der Waals surface area contributed by atoms with Crippen LogP contribution in [0.2, 0.25) is 0 Å². The van der Waals surface area contributed by atoms with Crippen molar-refractivity contribution in [1.82, 2.24) is 4.90 Å². The third-order valence-corrected chi connectivity index (χ3v) is 5.00. The van der Waals surface area contributed by atoms with E-state index in [1.807, 2.05) is 0 Å². The predicted octanol–water partition coefficient (Wildman–Crippen LogP) is 2.92. The van der Waals surface area contributed by atoms with E-state index in [4.69, 9.17) is 5.73 Å². The zero-order chi connectivity index (χ0) is 13.9. The molecular weight excluding hydrogens is 232 g/mol. The summed E-state index contributed by atoms with van der Waals surface area (Å²) in [4.78, 5) is 2.50. The van der Waals surface area contributed by atoms with Crippen LogP contribution in [0.15, 0.2) is 30.3 Å². The highest BCUT2D eigenvalue weighted by atomic mass is 15.2. The van der Waals surface area contributed by atoms with Crippen LogP contribution in [0.3, 0.4) is 0 Å². The highest BCUT2D eigenvalue weighted by molar-refractivity contribution is 5.15. The molecule has 1 aliphatic rings. The van der Waals surface area contributed by atoms with Crippen LogP contribution in [0.25, 0.3) is 0 Å². The van der Waals surface area contributed by atoms with Crippen molar-refractivity contribution in [3.05, 3.63) is 35.9 Å². The Bertz CT molecular complexity index is 380. The van der Waals surface area contributed by atoms with Gasteiger partial charge in [-0.15, -0.1) is 0 Å². The fraction of sp³-hybridized carbons (Fsp3) is 0.647. The number of hydrogen-bond acceptors (Lipinski definition) is 2. The molecule has 0 unspecified atom stereocenters. The van der Waals surface area contributed by atoms with Crippen molar-refractivity contribution < 1.29 is 0 Å². The Balaban J connectivity index is 1.87. The highest BCUT2D eigenvalue weighted by Gasteiger charge is 2.46. The first-order valence-electron chi connectivity index (χ1n) is 7.52. The first-order valence-corrected chi connectivity index (χ1v) is 7.52. The minimum atomic E-state index is 0.268. The van der Waals surface area contributed by atoms with E-state index in [1.165, 1.54) is 18.4 Å². The topological polar surface area (TPSA) is 29.3 Å². The Hall–Kier alpha value is -0.860. The molecule has 0 radical (unpaired) electrons. The Morgan fingerprint density at radius 2 is 1.89 bits per heavy atom. The monoisotopic (exact) mass is 260 g/mol. The molecule has 1 aliphatic carbocycles. The Labute approximate surface area is 118 Å². The Kier molecular flexibility index (Phi) is 4.64. The van der Waals surface area contributed by atoms with Gasteiger partial charge >= 0.3 is 0 Å². The van der Waals surface area contributed by atoms with E-state index in [2.05, 4.69) is 56.1 Å². The molecule has 0 aromatic heterocycles. The van der Waals surface area contributed by atoms with E-state index in [-0.39, 0.29) is 5.54 Å². The minimum absolute atomic E-state index is 0.268. The van der Waals surface area contributed by atoms with Gasteiger partial charge in [0.05, 0.1) is 0 Å². The van der Waals surface area contributed by atoms with Crippen LogP contribution < -0.4 is 5.73 Å². The van der Waals surface area contributed by atoms with Crippen LogP contribution in [0.5, 0.6) is 0 Å². The van der Waals surface area contributed by atoms with Crippen molar-refractivity contribution in [2.45, 2.75) is 38.6 Å². The maximum absolute atomic E-state index is 6.06. The molecule has 2 rings (SSSR count). The van der Waals surface area contributed by atoms with Gasteiger partial charge < -0.3 is 5.73 Å². The average Bonchev–Trinajstić information content (AvgIpc) is 2.36. The zero-order valence-electron chi connectivity index (χ0n) is 12.6. The molecule has 1 aromatic carbocycles. The molecule has 0 spiro atoms. The number of benzene rings is 1. The molecule has 2 N–H and O–H groups in total. The van der Waals surface area contributed by atoms with Gasteiger partial charge in [0.25, 0.3) is 0 Å². The van der Waals surface area contributed by atoms with E-state index in [0.717, 1.165) is 31.3 Å². The highest BCUT2D eigenvalue weighted by Crippen LogP contribution is 2.44. The molecule has 1 aromatic rings. The molecule has 2 nitrogen and oxygen atoms in total. The Morgan fingerprint density at radius 3 is 2.42 bits per heavy atom. The molecule has 0 atom stereocenters. The van der Waals surface area contributed by atoms with Gasteiger partial charge in [0, 0.05) is 18.6 Å². The van der Waals surface area contributed by atoms with Gasteiger partial charge in [-0.3, -0.25) is 4.90 Å². The fourth-order valence-corrected chi connectivity index (χ4v) is 3.20. The molecule has 0 heterocycles. The van der Waals surface area contributed by atoms with Crippen molar-refractivity contribution in [3.8, 4) is 0 Å². The van der Waals surface area contributed by atoms with Crippen molar-refractivity contribution in [2.75, 3.05) is 20.1 Å².